The highest BCUT2D eigenvalue weighted by molar-refractivity contribution is 6.42. The number of aromatic nitrogens is 2. The van der Waals surface area contributed by atoms with Crippen molar-refractivity contribution in [1.82, 2.24) is 9.78 Å². The average molecular weight is 292 g/mol. The van der Waals surface area contributed by atoms with Crippen LogP contribution in [0, 0.1) is 0 Å². The first kappa shape index (κ1) is 12.3. The van der Waals surface area contributed by atoms with Gasteiger partial charge in [0.25, 0.3) is 0 Å². The summed E-state index contributed by atoms with van der Waals surface area (Å²) in [6.07, 6.45) is 0. The summed E-state index contributed by atoms with van der Waals surface area (Å²) < 4.78 is 1.87. The van der Waals surface area contributed by atoms with Crippen molar-refractivity contribution >= 4 is 39.9 Å². The fourth-order valence-corrected chi connectivity index (χ4v) is 2.41. The van der Waals surface area contributed by atoms with Crippen molar-refractivity contribution in [1.29, 1.82) is 0 Å². The van der Waals surface area contributed by atoms with Gasteiger partial charge in [0.2, 0.25) is 0 Å². The van der Waals surface area contributed by atoms with Crippen LogP contribution in [0.1, 0.15) is 5.56 Å². The summed E-state index contributed by atoms with van der Waals surface area (Å²) in [6, 6.07) is 13.4. The zero-order valence-corrected chi connectivity index (χ0v) is 11.5. The van der Waals surface area contributed by atoms with E-state index in [1.165, 1.54) is 0 Å². The van der Waals surface area contributed by atoms with Crippen molar-refractivity contribution in [2.75, 3.05) is 5.73 Å². The molecule has 0 fully saturated rings. The van der Waals surface area contributed by atoms with Gasteiger partial charge in [0.1, 0.15) is 0 Å². The number of anilines is 1. The van der Waals surface area contributed by atoms with E-state index in [9.17, 15) is 0 Å². The molecular formula is C14H11Cl2N3. The molecule has 0 bridgehead atoms. The largest absolute Gasteiger partial charge is 0.382 e. The van der Waals surface area contributed by atoms with Crippen LogP contribution in [-0.4, -0.2) is 9.78 Å². The summed E-state index contributed by atoms with van der Waals surface area (Å²) in [5.41, 5.74) is 7.94. The van der Waals surface area contributed by atoms with Crippen LogP contribution in [0.5, 0.6) is 0 Å². The molecule has 96 valence electrons. The maximum absolute atomic E-state index is 6.02. The Kier molecular flexibility index (Phi) is 3.09. The van der Waals surface area contributed by atoms with E-state index >= 15 is 0 Å². The first-order chi connectivity index (χ1) is 9.15. The Balaban J connectivity index is 2.03. The van der Waals surface area contributed by atoms with E-state index in [-0.39, 0.29) is 0 Å². The number of nitrogens with two attached hydrogens (primary N) is 1. The Labute approximate surface area is 120 Å². The Morgan fingerprint density at radius 2 is 1.84 bits per heavy atom. The van der Waals surface area contributed by atoms with Gasteiger partial charge in [-0.2, -0.15) is 5.10 Å². The van der Waals surface area contributed by atoms with E-state index in [2.05, 4.69) is 5.10 Å². The Bertz CT molecular complexity index is 750. The third kappa shape index (κ3) is 2.27. The van der Waals surface area contributed by atoms with Gasteiger partial charge >= 0.3 is 0 Å². The van der Waals surface area contributed by atoms with E-state index < -0.39 is 0 Å². The summed E-state index contributed by atoms with van der Waals surface area (Å²) in [6.45, 7) is 0.606. The topological polar surface area (TPSA) is 43.8 Å². The molecule has 19 heavy (non-hydrogen) atoms. The van der Waals surface area contributed by atoms with Gasteiger partial charge in [-0.3, -0.25) is 4.68 Å². The fourth-order valence-electron chi connectivity index (χ4n) is 2.08. The second kappa shape index (κ2) is 4.76. The van der Waals surface area contributed by atoms with Crippen molar-refractivity contribution in [2.24, 2.45) is 0 Å². The summed E-state index contributed by atoms with van der Waals surface area (Å²) in [5, 5.41) is 6.41. The molecular weight excluding hydrogens is 281 g/mol. The van der Waals surface area contributed by atoms with Crippen LogP contribution in [0.4, 0.5) is 5.82 Å². The lowest BCUT2D eigenvalue weighted by atomic mass is 10.2. The zero-order chi connectivity index (χ0) is 13.4. The van der Waals surface area contributed by atoms with E-state index in [0.717, 1.165) is 16.5 Å². The molecule has 3 aromatic rings. The quantitative estimate of drug-likeness (QED) is 0.776. The first-order valence-electron chi connectivity index (χ1n) is 5.80. The molecule has 0 radical (unpaired) electrons. The maximum atomic E-state index is 6.02. The van der Waals surface area contributed by atoms with Crippen molar-refractivity contribution < 1.29 is 0 Å². The highest BCUT2D eigenvalue weighted by Gasteiger charge is 2.08. The molecule has 0 amide bonds. The summed E-state index contributed by atoms with van der Waals surface area (Å²) >= 11 is 11.9. The molecule has 5 heteroatoms. The van der Waals surface area contributed by atoms with Gasteiger partial charge in [-0.15, -0.1) is 0 Å². The van der Waals surface area contributed by atoms with Crippen LogP contribution in [0.25, 0.3) is 10.9 Å². The van der Waals surface area contributed by atoms with E-state index in [4.69, 9.17) is 28.9 Å². The van der Waals surface area contributed by atoms with Crippen molar-refractivity contribution in [3.63, 3.8) is 0 Å². The minimum atomic E-state index is 0.538. The fraction of sp³-hybridized carbons (Fsp3) is 0.0714. The Morgan fingerprint density at radius 3 is 2.63 bits per heavy atom. The van der Waals surface area contributed by atoms with Crippen LogP contribution < -0.4 is 5.73 Å². The molecule has 0 saturated carbocycles. The maximum Gasteiger partial charge on any atom is 0.153 e. The summed E-state index contributed by atoms with van der Waals surface area (Å²) in [4.78, 5) is 0. The number of hydrogen-bond acceptors (Lipinski definition) is 2. The lowest BCUT2D eigenvalue weighted by molar-refractivity contribution is 0.716. The van der Waals surface area contributed by atoms with Gasteiger partial charge in [-0.1, -0.05) is 41.4 Å². The molecule has 0 aliphatic carbocycles. The molecule has 3 nitrogen and oxygen atoms in total. The van der Waals surface area contributed by atoms with Gasteiger partial charge in [-0.25, -0.2) is 0 Å². The first-order valence-corrected chi connectivity index (χ1v) is 6.55. The Morgan fingerprint density at radius 1 is 1.05 bits per heavy atom. The number of nitrogen functional groups attached to an aromatic ring is 1. The second-order valence-electron chi connectivity index (χ2n) is 4.31. The van der Waals surface area contributed by atoms with Crippen LogP contribution >= 0.6 is 23.2 Å². The van der Waals surface area contributed by atoms with Crippen molar-refractivity contribution in [2.45, 2.75) is 6.54 Å². The van der Waals surface area contributed by atoms with Crippen molar-refractivity contribution in [3.8, 4) is 0 Å². The molecule has 2 aromatic carbocycles. The molecule has 0 spiro atoms. The second-order valence-corrected chi connectivity index (χ2v) is 5.12. The van der Waals surface area contributed by atoms with Gasteiger partial charge in [0.15, 0.2) is 5.82 Å². The van der Waals surface area contributed by atoms with E-state index in [1.807, 2.05) is 41.1 Å². The van der Waals surface area contributed by atoms with Crippen LogP contribution in [0.2, 0.25) is 10.0 Å². The molecule has 1 heterocycles. The number of rotatable bonds is 2. The van der Waals surface area contributed by atoms with Crippen LogP contribution in [-0.2, 0) is 6.54 Å². The minimum absolute atomic E-state index is 0.538. The standard InChI is InChI=1S/C14H11Cl2N3/c15-11-6-5-9(7-12(11)16)8-19-13-4-2-1-3-10(13)14(17)18-19/h1-7H,8H2,(H2,17,18). The predicted octanol–water partition coefficient (Wildman–Crippen LogP) is 3.97. The van der Waals surface area contributed by atoms with Gasteiger partial charge in [-0.05, 0) is 29.8 Å². The zero-order valence-electron chi connectivity index (χ0n) is 9.98. The Hall–Kier alpha value is -1.71. The van der Waals surface area contributed by atoms with Gasteiger partial charge in [0, 0.05) is 5.39 Å². The molecule has 0 unspecified atom stereocenters. The summed E-state index contributed by atoms with van der Waals surface area (Å²) in [5.74, 6) is 0.538. The number of para-hydroxylation sites is 1. The lowest BCUT2D eigenvalue weighted by Gasteiger charge is -2.05. The SMILES string of the molecule is Nc1nn(Cc2ccc(Cl)c(Cl)c2)c2ccccc12. The summed E-state index contributed by atoms with van der Waals surface area (Å²) in [7, 11) is 0. The predicted molar refractivity (Wildman–Crippen MR) is 79.7 cm³/mol. The molecule has 3 rings (SSSR count). The monoisotopic (exact) mass is 291 g/mol. The highest BCUT2D eigenvalue weighted by Crippen LogP contribution is 2.25. The van der Waals surface area contributed by atoms with Crippen LogP contribution in [0.3, 0.4) is 0 Å². The molecule has 2 N–H and O–H groups in total. The smallest absolute Gasteiger partial charge is 0.153 e. The third-order valence-corrected chi connectivity index (χ3v) is 3.74. The van der Waals surface area contributed by atoms with E-state index in [0.29, 0.717) is 22.4 Å². The lowest BCUT2D eigenvalue weighted by Crippen LogP contribution is -2.02. The number of fused-ring (bicyclic) bond motifs is 1. The van der Waals surface area contributed by atoms with Gasteiger partial charge in [0.05, 0.1) is 22.1 Å². The number of benzene rings is 2. The van der Waals surface area contributed by atoms with Crippen LogP contribution in [0.15, 0.2) is 42.5 Å². The van der Waals surface area contributed by atoms with Gasteiger partial charge < -0.3 is 5.73 Å². The molecule has 0 aliphatic heterocycles. The normalized spacial score (nSPS) is 11.1. The number of nitrogens with zero attached hydrogens (tertiary/aromatic N) is 2. The molecule has 0 aliphatic rings. The molecule has 1 aromatic heterocycles. The molecule has 0 atom stereocenters. The third-order valence-electron chi connectivity index (χ3n) is 3.00. The number of hydrogen-bond donors (Lipinski definition) is 1. The van der Waals surface area contributed by atoms with Crippen molar-refractivity contribution in [3.05, 3.63) is 58.1 Å². The number of halogens is 2. The molecule has 0 saturated heterocycles. The highest BCUT2D eigenvalue weighted by atomic mass is 35.5. The average Bonchev–Trinajstić information content (AvgIpc) is 2.72. The van der Waals surface area contributed by atoms with E-state index in [1.54, 1.807) is 6.07 Å². The minimum Gasteiger partial charge on any atom is -0.382 e.